The molecule has 1 aromatic heterocycles. The first kappa shape index (κ1) is 17.5. The molecule has 0 saturated carbocycles. The molecule has 0 bridgehead atoms. The number of furan rings is 1. The van der Waals surface area contributed by atoms with E-state index in [-0.39, 0.29) is 17.3 Å². The van der Waals surface area contributed by atoms with Crippen LogP contribution in [0.1, 0.15) is 29.1 Å². The van der Waals surface area contributed by atoms with Crippen LogP contribution < -0.4 is 10.2 Å². The van der Waals surface area contributed by atoms with Gasteiger partial charge in [0.05, 0.1) is 11.0 Å². The molecule has 134 valence electrons. The van der Waals surface area contributed by atoms with E-state index in [0.717, 1.165) is 11.0 Å². The van der Waals surface area contributed by atoms with Crippen molar-refractivity contribution in [3.63, 3.8) is 0 Å². The van der Waals surface area contributed by atoms with Crippen LogP contribution in [0.3, 0.4) is 0 Å². The van der Waals surface area contributed by atoms with Crippen LogP contribution in [-0.4, -0.2) is 24.9 Å². The van der Waals surface area contributed by atoms with Crippen LogP contribution in [0.4, 0.5) is 11.4 Å². The van der Waals surface area contributed by atoms with E-state index in [2.05, 4.69) is 5.32 Å². The summed E-state index contributed by atoms with van der Waals surface area (Å²) in [7, 11) is 3.43. The number of amides is 1. The molecule has 1 atom stereocenters. The van der Waals surface area contributed by atoms with Gasteiger partial charge in [-0.25, -0.2) is 0 Å². The Bertz CT molecular complexity index is 945. The first-order valence-electron chi connectivity index (χ1n) is 8.12. The summed E-state index contributed by atoms with van der Waals surface area (Å²) in [6.07, 6.45) is 0. The van der Waals surface area contributed by atoms with Crippen LogP contribution in [0.2, 0.25) is 0 Å². The number of carbonyl (C=O) groups excluding carboxylic acids is 1. The fourth-order valence-electron chi connectivity index (χ4n) is 2.76. The minimum absolute atomic E-state index is 0.112. The number of benzene rings is 2. The van der Waals surface area contributed by atoms with Crippen molar-refractivity contribution >= 4 is 28.3 Å². The van der Waals surface area contributed by atoms with Gasteiger partial charge in [-0.1, -0.05) is 18.2 Å². The summed E-state index contributed by atoms with van der Waals surface area (Å²) >= 11 is 0. The van der Waals surface area contributed by atoms with Gasteiger partial charge in [-0.3, -0.25) is 14.9 Å². The maximum absolute atomic E-state index is 12.5. The standard InChI is InChI=1S/C19H19N3O4/c1-12(18-11-13-6-4-5-7-17(13)26-18)20-19(23)14-8-9-15(21(2)3)16(10-14)22(24)25/h4-12H,1-3H3,(H,20,23)/t12-/m0/s1. The molecule has 0 fully saturated rings. The van der Waals surface area contributed by atoms with Crippen molar-refractivity contribution in [1.82, 2.24) is 5.32 Å². The third-order valence-electron chi connectivity index (χ3n) is 4.14. The molecule has 0 aliphatic rings. The Labute approximate surface area is 150 Å². The molecule has 0 radical (unpaired) electrons. The molecular weight excluding hydrogens is 334 g/mol. The number of hydrogen-bond donors (Lipinski definition) is 1. The highest BCUT2D eigenvalue weighted by atomic mass is 16.6. The highest BCUT2D eigenvalue weighted by Gasteiger charge is 2.21. The van der Waals surface area contributed by atoms with Crippen molar-refractivity contribution < 1.29 is 14.1 Å². The Kier molecular flexibility index (Phi) is 4.62. The average molecular weight is 353 g/mol. The number of para-hydroxylation sites is 1. The largest absolute Gasteiger partial charge is 0.459 e. The zero-order valence-corrected chi connectivity index (χ0v) is 14.7. The Hall–Kier alpha value is -3.35. The van der Waals surface area contributed by atoms with Crippen molar-refractivity contribution in [3.8, 4) is 0 Å². The molecule has 1 amide bonds. The SMILES string of the molecule is C[C@H](NC(=O)c1ccc(N(C)C)c([N+](=O)[O-])c1)c1cc2ccccc2o1. The minimum atomic E-state index is -0.491. The Morgan fingerprint density at radius 1 is 1.19 bits per heavy atom. The van der Waals surface area contributed by atoms with Crippen LogP contribution in [0.15, 0.2) is 52.9 Å². The van der Waals surface area contributed by atoms with Gasteiger partial charge in [-0.05, 0) is 31.2 Å². The molecule has 0 spiro atoms. The van der Waals surface area contributed by atoms with Crippen molar-refractivity contribution in [2.75, 3.05) is 19.0 Å². The number of fused-ring (bicyclic) bond motifs is 1. The van der Waals surface area contributed by atoms with Crippen LogP contribution in [-0.2, 0) is 0 Å². The van der Waals surface area contributed by atoms with Crippen LogP contribution in [0, 0.1) is 10.1 Å². The van der Waals surface area contributed by atoms with E-state index in [0.29, 0.717) is 11.4 Å². The molecule has 3 rings (SSSR count). The van der Waals surface area contributed by atoms with E-state index in [9.17, 15) is 14.9 Å². The van der Waals surface area contributed by atoms with E-state index < -0.39 is 10.8 Å². The number of rotatable bonds is 5. The lowest BCUT2D eigenvalue weighted by Crippen LogP contribution is -2.26. The zero-order valence-electron chi connectivity index (χ0n) is 14.7. The van der Waals surface area contributed by atoms with E-state index in [1.54, 1.807) is 38.1 Å². The minimum Gasteiger partial charge on any atom is -0.459 e. The number of hydrogen-bond acceptors (Lipinski definition) is 5. The van der Waals surface area contributed by atoms with Crippen LogP contribution in [0.5, 0.6) is 0 Å². The van der Waals surface area contributed by atoms with Gasteiger partial charge >= 0.3 is 0 Å². The lowest BCUT2D eigenvalue weighted by Gasteiger charge is -2.14. The molecule has 0 unspecified atom stereocenters. The molecule has 7 nitrogen and oxygen atoms in total. The van der Waals surface area contributed by atoms with Crippen molar-refractivity contribution in [3.05, 3.63) is 70.0 Å². The summed E-state index contributed by atoms with van der Waals surface area (Å²) in [5.74, 6) is 0.227. The monoisotopic (exact) mass is 353 g/mol. The molecule has 0 aliphatic heterocycles. The van der Waals surface area contributed by atoms with Gasteiger partial charge in [-0.2, -0.15) is 0 Å². The molecule has 1 heterocycles. The topological polar surface area (TPSA) is 88.6 Å². The van der Waals surface area contributed by atoms with Gasteiger partial charge in [-0.15, -0.1) is 0 Å². The highest BCUT2D eigenvalue weighted by Crippen LogP contribution is 2.28. The molecular formula is C19H19N3O4. The quantitative estimate of drug-likeness (QED) is 0.555. The summed E-state index contributed by atoms with van der Waals surface area (Å²) in [5, 5.41) is 15.0. The fourth-order valence-corrected chi connectivity index (χ4v) is 2.76. The van der Waals surface area contributed by atoms with E-state index in [1.165, 1.54) is 6.07 Å². The molecule has 7 heteroatoms. The average Bonchev–Trinajstić information content (AvgIpc) is 3.05. The highest BCUT2D eigenvalue weighted by molar-refractivity contribution is 5.96. The zero-order chi connectivity index (χ0) is 18.8. The summed E-state index contributed by atoms with van der Waals surface area (Å²) in [6, 6.07) is 13.5. The van der Waals surface area contributed by atoms with E-state index >= 15 is 0 Å². The van der Waals surface area contributed by atoms with E-state index in [1.807, 2.05) is 30.3 Å². The predicted molar refractivity (Wildman–Crippen MR) is 99.5 cm³/mol. The summed E-state index contributed by atoms with van der Waals surface area (Å²) in [6.45, 7) is 1.80. The summed E-state index contributed by atoms with van der Waals surface area (Å²) in [5.41, 5.74) is 1.30. The number of anilines is 1. The number of nitro groups is 1. The van der Waals surface area contributed by atoms with Crippen LogP contribution >= 0.6 is 0 Å². The number of nitrogens with one attached hydrogen (secondary N) is 1. The predicted octanol–water partition coefficient (Wildman–Crippen LogP) is 3.90. The molecule has 3 aromatic rings. The molecule has 0 aliphatic carbocycles. The van der Waals surface area contributed by atoms with Gasteiger partial charge < -0.3 is 14.6 Å². The van der Waals surface area contributed by atoms with Gasteiger partial charge in [0.2, 0.25) is 0 Å². The first-order chi connectivity index (χ1) is 12.4. The van der Waals surface area contributed by atoms with Gasteiger partial charge in [0, 0.05) is 31.1 Å². The lowest BCUT2D eigenvalue weighted by atomic mass is 10.1. The Morgan fingerprint density at radius 3 is 2.58 bits per heavy atom. The first-order valence-corrected chi connectivity index (χ1v) is 8.12. The second-order valence-corrected chi connectivity index (χ2v) is 6.24. The normalized spacial score (nSPS) is 12.0. The second kappa shape index (κ2) is 6.87. The number of carbonyl (C=O) groups is 1. The fraction of sp³-hybridized carbons (Fsp3) is 0.211. The lowest BCUT2D eigenvalue weighted by molar-refractivity contribution is -0.384. The number of nitro benzene ring substituents is 1. The second-order valence-electron chi connectivity index (χ2n) is 6.24. The van der Waals surface area contributed by atoms with Crippen molar-refractivity contribution in [2.45, 2.75) is 13.0 Å². The third-order valence-corrected chi connectivity index (χ3v) is 4.14. The van der Waals surface area contributed by atoms with Crippen molar-refractivity contribution in [2.24, 2.45) is 0 Å². The van der Waals surface area contributed by atoms with Gasteiger partial charge in [0.15, 0.2) is 0 Å². The van der Waals surface area contributed by atoms with Crippen molar-refractivity contribution in [1.29, 1.82) is 0 Å². The molecule has 26 heavy (non-hydrogen) atoms. The van der Waals surface area contributed by atoms with Gasteiger partial charge in [0.1, 0.15) is 17.0 Å². The van der Waals surface area contributed by atoms with Gasteiger partial charge in [0.25, 0.3) is 11.6 Å². The molecule has 1 N–H and O–H groups in total. The third kappa shape index (κ3) is 3.37. The smallest absolute Gasteiger partial charge is 0.293 e. The molecule has 0 saturated heterocycles. The summed E-state index contributed by atoms with van der Waals surface area (Å²) in [4.78, 5) is 24.9. The summed E-state index contributed by atoms with van der Waals surface area (Å²) < 4.78 is 5.75. The molecule has 2 aromatic carbocycles. The van der Waals surface area contributed by atoms with Crippen LogP contribution in [0.25, 0.3) is 11.0 Å². The Morgan fingerprint density at radius 2 is 1.92 bits per heavy atom. The number of nitrogens with zero attached hydrogens (tertiary/aromatic N) is 2. The maximum Gasteiger partial charge on any atom is 0.293 e. The maximum atomic E-state index is 12.5. The van der Waals surface area contributed by atoms with E-state index in [4.69, 9.17) is 4.42 Å². The Balaban J connectivity index is 1.83.